The third-order valence-electron chi connectivity index (χ3n) is 2.59. The molecule has 0 bridgehead atoms. The summed E-state index contributed by atoms with van der Waals surface area (Å²) in [6.45, 7) is 6.29. The lowest BCUT2D eigenvalue weighted by Crippen LogP contribution is -2.12. The molecule has 2 aromatic heterocycles. The molecule has 0 radical (unpaired) electrons. The Labute approximate surface area is 116 Å². The minimum atomic E-state index is -4.80. The van der Waals surface area contributed by atoms with Gasteiger partial charge in [0.2, 0.25) is 0 Å². The molecule has 118 valence electrons. The number of alkyl halides is 6. The molecule has 0 aliphatic rings. The molecule has 0 spiro atoms. The van der Waals surface area contributed by atoms with Gasteiger partial charge in [-0.05, 0) is 25.5 Å². The highest BCUT2D eigenvalue weighted by Gasteiger charge is 2.38. The Bertz CT molecular complexity index is 639. The SMILES string of the molecule is CC.Cc1cc(C(F)(F)F)c(C)n2nc(C(F)(F)F)nc12. The quantitative estimate of drug-likeness (QED) is 0.674. The summed E-state index contributed by atoms with van der Waals surface area (Å²) in [5.41, 5.74) is -1.73. The van der Waals surface area contributed by atoms with Crippen LogP contribution in [0.3, 0.4) is 0 Å². The van der Waals surface area contributed by atoms with Gasteiger partial charge in [-0.25, -0.2) is 9.50 Å². The van der Waals surface area contributed by atoms with E-state index in [4.69, 9.17) is 0 Å². The second-order valence-corrected chi connectivity index (χ2v) is 3.99. The number of hydrogen-bond donors (Lipinski definition) is 0. The van der Waals surface area contributed by atoms with Gasteiger partial charge in [-0.1, -0.05) is 13.8 Å². The molecular weight excluding hydrogens is 300 g/mol. The Morgan fingerprint density at radius 3 is 1.90 bits per heavy atom. The maximum atomic E-state index is 12.7. The molecule has 0 saturated carbocycles. The van der Waals surface area contributed by atoms with Crippen LogP contribution in [0.4, 0.5) is 26.3 Å². The van der Waals surface area contributed by atoms with E-state index in [1.54, 1.807) is 0 Å². The van der Waals surface area contributed by atoms with Crippen molar-refractivity contribution in [1.82, 2.24) is 14.6 Å². The molecule has 0 aliphatic carbocycles. The summed E-state index contributed by atoms with van der Waals surface area (Å²) < 4.78 is 76.1. The van der Waals surface area contributed by atoms with Gasteiger partial charge in [0.05, 0.1) is 11.3 Å². The number of pyridine rings is 1. The van der Waals surface area contributed by atoms with Gasteiger partial charge in [0, 0.05) is 0 Å². The monoisotopic (exact) mass is 313 g/mol. The van der Waals surface area contributed by atoms with Crippen molar-refractivity contribution in [2.24, 2.45) is 0 Å². The van der Waals surface area contributed by atoms with E-state index in [0.29, 0.717) is 4.52 Å². The Hall–Kier alpha value is -1.80. The molecule has 21 heavy (non-hydrogen) atoms. The van der Waals surface area contributed by atoms with Crippen molar-refractivity contribution in [2.45, 2.75) is 40.0 Å². The molecule has 2 rings (SSSR count). The van der Waals surface area contributed by atoms with Crippen molar-refractivity contribution < 1.29 is 26.3 Å². The fourth-order valence-corrected chi connectivity index (χ4v) is 1.71. The summed E-state index contributed by atoms with van der Waals surface area (Å²) in [4.78, 5) is 3.23. The minimum Gasteiger partial charge on any atom is -0.217 e. The van der Waals surface area contributed by atoms with Crippen LogP contribution in [0, 0.1) is 13.8 Å². The van der Waals surface area contributed by atoms with Crippen LogP contribution in [0.1, 0.15) is 36.5 Å². The van der Waals surface area contributed by atoms with Gasteiger partial charge in [-0.2, -0.15) is 26.3 Å². The van der Waals surface area contributed by atoms with Crippen molar-refractivity contribution in [2.75, 3.05) is 0 Å². The van der Waals surface area contributed by atoms with Crippen LogP contribution in [0.15, 0.2) is 6.07 Å². The van der Waals surface area contributed by atoms with Crippen molar-refractivity contribution in [3.8, 4) is 0 Å². The van der Waals surface area contributed by atoms with Crippen LogP contribution in [-0.2, 0) is 12.4 Å². The second-order valence-electron chi connectivity index (χ2n) is 3.99. The van der Waals surface area contributed by atoms with Gasteiger partial charge >= 0.3 is 12.4 Å². The standard InChI is InChI=1S/C10H7F6N3.C2H6/c1-4-3-6(9(11,12)13)5(2)19-7(4)17-8(18-19)10(14,15)16;1-2/h3H,1-2H3;1-2H3. The molecule has 0 atom stereocenters. The molecule has 2 aromatic rings. The van der Waals surface area contributed by atoms with Gasteiger partial charge in [-0.15, -0.1) is 5.10 Å². The molecule has 3 nitrogen and oxygen atoms in total. The highest BCUT2D eigenvalue weighted by atomic mass is 19.4. The van der Waals surface area contributed by atoms with Crippen molar-refractivity contribution >= 4 is 5.65 Å². The van der Waals surface area contributed by atoms with E-state index in [9.17, 15) is 26.3 Å². The molecule has 0 saturated heterocycles. The van der Waals surface area contributed by atoms with E-state index >= 15 is 0 Å². The molecule has 0 aromatic carbocycles. The number of nitrogens with zero attached hydrogens (tertiary/aromatic N) is 3. The Morgan fingerprint density at radius 2 is 1.48 bits per heavy atom. The lowest BCUT2D eigenvalue weighted by Gasteiger charge is -2.12. The highest BCUT2D eigenvalue weighted by Crippen LogP contribution is 2.34. The van der Waals surface area contributed by atoms with E-state index in [-0.39, 0.29) is 11.2 Å². The van der Waals surface area contributed by atoms with Crippen LogP contribution >= 0.6 is 0 Å². The zero-order valence-corrected chi connectivity index (χ0v) is 11.7. The van der Waals surface area contributed by atoms with Crippen LogP contribution in [0.5, 0.6) is 0 Å². The first-order valence-corrected chi connectivity index (χ1v) is 6.03. The first-order chi connectivity index (χ1) is 9.51. The molecule has 0 fully saturated rings. The lowest BCUT2D eigenvalue weighted by molar-refractivity contribution is -0.144. The van der Waals surface area contributed by atoms with Gasteiger partial charge in [0.25, 0.3) is 5.82 Å². The zero-order valence-electron chi connectivity index (χ0n) is 11.7. The first kappa shape index (κ1) is 17.3. The third kappa shape index (κ3) is 3.27. The number of halogens is 6. The maximum Gasteiger partial charge on any atom is 0.453 e. The molecule has 2 heterocycles. The largest absolute Gasteiger partial charge is 0.453 e. The van der Waals surface area contributed by atoms with Crippen LogP contribution < -0.4 is 0 Å². The Morgan fingerprint density at radius 1 is 0.952 bits per heavy atom. The van der Waals surface area contributed by atoms with Gasteiger partial charge < -0.3 is 0 Å². The van der Waals surface area contributed by atoms with Crippen LogP contribution in [0.2, 0.25) is 0 Å². The van der Waals surface area contributed by atoms with E-state index in [0.717, 1.165) is 13.0 Å². The van der Waals surface area contributed by atoms with Gasteiger partial charge in [0.15, 0.2) is 5.65 Å². The van der Waals surface area contributed by atoms with E-state index in [1.807, 2.05) is 13.8 Å². The van der Waals surface area contributed by atoms with Gasteiger partial charge in [-0.3, -0.25) is 0 Å². The number of fused-ring (bicyclic) bond motifs is 1. The van der Waals surface area contributed by atoms with Crippen molar-refractivity contribution in [1.29, 1.82) is 0 Å². The maximum absolute atomic E-state index is 12.7. The summed E-state index contributed by atoms with van der Waals surface area (Å²) in [7, 11) is 0. The summed E-state index contributed by atoms with van der Waals surface area (Å²) in [6, 6.07) is 0.763. The van der Waals surface area contributed by atoms with Crippen molar-refractivity contribution in [3.63, 3.8) is 0 Å². The predicted molar refractivity (Wildman–Crippen MR) is 63.8 cm³/mol. The summed E-state index contributed by atoms with van der Waals surface area (Å²) in [6.07, 6.45) is -9.46. The molecular formula is C12H13F6N3. The molecule has 9 heteroatoms. The normalized spacial score (nSPS) is 12.3. The summed E-state index contributed by atoms with van der Waals surface area (Å²) in [5, 5.41) is 3.10. The number of aryl methyl sites for hydroxylation is 2. The molecule has 0 aliphatic heterocycles. The predicted octanol–water partition coefficient (Wildman–Crippen LogP) is 4.41. The molecule has 0 N–H and O–H groups in total. The van der Waals surface area contributed by atoms with Crippen molar-refractivity contribution in [3.05, 3.63) is 28.7 Å². The second kappa shape index (κ2) is 5.53. The number of hydrogen-bond acceptors (Lipinski definition) is 2. The Kier molecular flexibility index (Phi) is 4.54. The fraction of sp³-hybridized carbons (Fsp3) is 0.500. The fourth-order valence-electron chi connectivity index (χ4n) is 1.71. The summed E-state index contributed by atoms with van der Waals surface area (Å²) in [5.74, 6) is -1.46. The average molecular weight is 313 g/mol. The lowest BCUT2D eigenvalue weighted by atomic mass is 10.1. The van der Waals surface area contributed by atoms with Crippen LogP contribution in [0.25, 0.3) is 5.65 Å². The number of rotatable bonds is 0. The molecule has 0 amide bonds. The first-order valence-electron chi connectivity index (χ1n) is 6.03. The smallest absolute Gasteiger partial charge is 0.217 e. The molecule has 0 unspecified atom stereocenters. The number of aromatic nitrogens is 3. The Balaban J connectivity index is 0.00000106. The topological polar surface area (TPSA) is 30.2 Å². The summed E-state index contributed by atoms with van der Waals surface area (Å²) >= 11 is 0. The zero-order chi connectivity index (χ0) is 16.6. The minimum absolute atomic E-state index is 0.0269. The average Bonchev–Trinajstić information content (AvgIpc) is 2.80. The third-order valence-corrected chi connectivity index (χ3v) is 2.59. The van der Waals surface area contributed by atoms with Crippen LogP contribution in [-0.4, -0.2) is 14.6 Å². The van der Waals surface area contributed by atoms with E-state index in [1.165, 1.54) is 6.92 Å². The van der Waals surface area contributed by atoms with E-state index < -0.39 is 29.4 Å². The van der Waals surface area contributed by atoms with Gasteiger partial charge in [0.1, 0.15) is 0 Å². The highest BCUT2D eigenvalue weighted by molar-refractivity contribution is 5.50. The van der Waals surface area contributed by atoms with E-state index in [2.05, 4.69) is 10.1 Å².